The average molecular weight is 302 g/mol. The summed E-state index contributed by atoms with van der Waals surface area (Å²) in [6.07, 6.45) is 1.12. The molecule has 0 saturated heterocycles. The van der Waals surface area contributed by atoms with Gasteiger partial charge in [0.2, 0.25) is 0 Å². The summed E-state index contributed by atoms with van der Waals surface area (Å²) in [4.78, 5) is 6.16. The number of nitrogens with zero attached hydrogens (tertiary/aromatic N) is 1. The quantitative estimate of drug-likeness (QED) is 0.887. The van der Waals surface area contributed by atoms with Crippen molar-refractivity contribution in [2.24, 2.45) is 0 Å². The molecule has 3 nitrogen and oxygen atoms in total. The van der Waals surface area contributed by atoms with E-state index in [0.717, 1.165) is 18.7 Å². The van der Waals surface area contributed by atoms with Gasteiger partial charge in [-0.05, 0) is 17.5 Å². The highest BCUT2D eigenvalue weighted by atomic mass is 32.1. The standard InChI is InChI=1S/C17H22N2OS/c1-11(2)18-9-16-15(10-20-3)19-17(21-16)14-8-12-6-4-5-7-13(12)14/h4-7,11,14,18H,8-10H2,1-3H3. The van der Waals surface area contributed by atoms with Crippen LogP contribution in [0.2, 0.25) is 0 Å². The van der Waals surface area contributed by atoms with Crippen LogP contribution in [-0.4, -0.2) is 18.1 Å². The van der Waals surface area contributed by atoms with Crippen molar-refractivity contribution in [3.8, 4) is 0 Å². The van der Waals surface area contributed by atoms with E-state index < -0.39 is 0 Å². The van der Waals surface area contributed by atoms with Crippen LogP contribution < -0.4 is 5.32 Å². The average Bonchev–Trinajstić information content (AvgIpc) is 2.81. The second-order valence-electron chi connectivity index (χ2n) is 5.85. The first-order valence-electron chi connectivity index (χ1n) is 7.47. The van der Waals surface area contributed by atoms with E-state index in [4.69, 9.17) is 9.72 Å². The molecule has 1 atom stereocenters. The number of thiazole rings is 1. The van der Waals surface area contributed by atoms with Crippen molar-refractivity contribution in [2.75, 3.05) is 7.11 Å². The molecule has 4 heteroatoms. The number of nitrogens with one attached hydrogen (secondary N) is 1. The van der Waals surface area contributed by atoms with Gasteiger partial charge >= 0.3 is 0 Å². The number of aromatic nitrogens is 1. The number of methoxy groups -OCH3 is 1. The van der Waals surface area contributed by atoms with Gasteiger partial charge in [0.15, 0.2) is 0 Å². The Balaban J connectivity index is 1.82. The first-order chi connectivity index (χ1) is 10.2. The van der Waals surface area contributed by atoms with Crippen molar-refractivity contribution >= 4 is 11.3 Å². The van der Waals surface area contributed by atoms with E-state index in [0.29, 0.717) is 18.6 Å². The van der Waals surface area contributed by atoms with Gasteiger partial charge in [-0.25, -0.2) is 4.98 Å². The highest BCUT2D eigenvalue weighted by Gasteiger charge is 2.30. The van der Waals surface area contributed by atoms with Crippen molar-refractivity contribution in [3.63, 3.8) is 0 Å². The molecular weight excluding hydrogens is 280 g/mol. The van der Waals surface area contributed by atoms with E-state index in [2.05, 4.69) is 43.4 Å². The molecule has 0 spiro atoms. The lowest BCUT2D eigenvalue weighted by atomic mass is 9.78. The molecule has 2 aromatic rings. The number of ether oxygens (including phenoxy) is 1. The van der Waals surface area contributed by atoms with Crippen molar-refractivity contribution in [1.29, 1.82) is 0 Å². The summed E-state index contributed by atoms with van der Waals surface area (Å²) in [7, 11) is 1.73. The van der Waals surface area contributed by atoms with Crippen molar-refractivity contribution < 1.29 is 4.74 Å². The first-order valence-corrected chi connectivity index (χ1v) is 8.29. The van der Waals surface area contributed by atoms with E-state index in [1.807, 2.05) is 11.3 Å². The number of rotatable bonds is 6. The molecule has 1 aromatic carbocycles. The molecule has 0 radical (unpaired) electrons. The van der Waals surface area contributed by atoms with Gasteiger partial charge in [0, 0.05) is 30.5 Å². The van der Waals surface area contributed by atoms with Gasteiger partial charge in [-0.15, -0.1) is 11.3 Å². The lowest BCUT2D eigenvalue weighted by Gasteiger charge is -2.28. The molecule has 1 aromatic heterocycles. The molecule has 1 heterocycles. The molecule has 0 aliphatic heterocycles. The van der Waals surface area contributed by atoms with Gasteiger partial charge in [-0.3, -0.25) is 0 Å². The molecule has 3 rings (SSSR count). The molecule has 1 aliphatic carbocycles. The topological polar surface area (TPSA) is 34.1 Å². The van der Waals surface area contributed by atoms with Gasteiger partial charge in [-0.1, -0.05) is 38.1 Å². The zero-order valence-corrected chi connectivity index (χ0v) is 13.7. The summed E-state index contributed by atoms with van der Waals surface area (Å²) in [5.41, 5.74) is 4.00. The SMILES string of the molecule is COCc1nc(C2Cc3ccccc32)sc1CNC(C)C. The van der Waals surface area contributed by atoms with Crippen LogP contribution in [0.5, 0.6) is 0 Å². The summed E-state index contributed by atoms with van der Waals surface area (Å²) < 4.78 is 5.31. The van der Waals surface area contributed by atoms with Crippen LogP contribution in [0.15, 0.2) is 24.3 Å². The summed E-state index contributed by atoms with van der Waals surface area (Å²) in [5, 5.41) is 4.72. The van der Waals surface area contributed by atoms with Crippen LogP contribution in [-0.2, 0) is 24.3 Å². The van der Waals surface area contributed by atoms with Crippen LogP contribution in [0.4, 0.5) is 0 Å². The van der Waals surface area contributed by atoms with Crippen molar-refractivity contribution in [2.45, 2.75) is 45.4 Å². The fourth-order valence-electron chi connectivity index (χ4n) is 2.72. The Morgan fingerprint density at radius 3 is 2.90 bits per heavy atom. The van der Waals surface area contributed by atoms with Gasteiger partial charge in [0.25, 0.3) is 0 Å². The van der Waals surface area contributed by atoms with E-state index in [1.165, 1.54) is 21.0 Å². The maximum Gasteiger partial charge on any atom is 0.101 e. The number of benzene rings is 1. The third-order valence-electron chi connectivity index (χ3n) is 3.90. The largest absolute Gasteiger partial charge is 0.378 e. The third-order valence-corrected chi connectivity index (χ3v) is 5.11. The first kappa shape index (κ1) is 14.7. The Labute approximate surface area is 130 Å². The van der Waals surface area contributed by atoms with E-state index in [-0.39, 0.29) is 0 Å². The minimum Gasteiger partial charge on any atom is -0.378 e. The van der Waals surface area contributed by atoms with Crippen LogP contribution in [0.25, 0.3) is 0 Å². The summed E-state index contributed by atoms with van der Waals surface area (Å²) >= 11 is 1.84. The Kier molecular flexibility index (Phi) is 4.38. The minimum atomic E-state index is 0.481. The molecule has 0 amide bonds. The van der Waals surface area contributed by atoms with Gasteiger partial charge in [-0.2, -0.15) is 0 Å². The van der Waals surface area contributed by atoms with Crippen LogP contribution in [0.3, 0.4) is 0 Å². The monoisotopic (exact) mass is 302 g/mol. The number of hydrogen-bond acceptors (Lipinski definition) is 4. The van der Waals surface area contributed by atoms with E-state index >= 15 is 0 Å². The Morgan fingerprint density at radius 1 is 1.38 bits per heavy atom. The van der Waals surface area contributed by atoms with Gasteiger partial charge < -0.3 is 10.1 Å². The Bertz CT molecular complexity index is 621. The number of fused-ring (bicyclic) bond motifs is 1. The summed E-state index contributed by atoms with van der Waals surface area (Å²) in [6.45, 7) is 5.81. The fraction of sp³-hybridized carbons (Fsp3) is 0.471. The molecule has 1 unspecified atom stereocenters. The molecule has 1 N–H and O–H groups in total. The normalized spacial score (nSPS) is 16.9. The van der Waals surface area contributed by atoms with Crippen LogP contribution >= 0.6 is 11.3 Å². The summed E-state index contributed by atoms with van der Waals surface area (Å²) in [6, 6.07) is 9.17. The van der Waals surface area contributed by atoms with E-state index in [1.54, 1.807) is 7.11 Å². The van der Waals surface area contributed by atoms with Gasteiger partial charge in [0.1, 0.15) is 5.01 Å². The second kappa shape index (κ2) is 6.26. The zero-order chi connectivity index (χ0) is 14.8. The highest BCUT2D eigenvalue weighted by molar-refractivity contribution is 7.11. The third kappa shape index (κ3) is 3.03. The Morgan fingerprint density at radius 2 is 2.19 bits per heavy atom. The predicted octanol–water partition coefficient (Wildman–Crippen LogP) is 3.48. The summed E-state index contributed by atoms with van der Waals surface area (Å²) in [5.74, 6) is 0.481. The number of hydrogen-bond donors (Lipinski definition) is 1. The lowest BCUT2D eigenvalue weighted by molar-refractivity contribution is 0.181. The fourth-order valence-corrected chi connectivity index (χ4v) is 3.85. The Hall–Kier alpha value is -1.23. The smallest absolute Gasteiger partial charge is 0.101 e. The lowest BCUT2D eigenvalue weighted by Crippen LogP contribution is -2.21. The molecule has 0 bridgehead atoms. The second-order valence-corrected chi connectivity index (χ2v) is 6.96. The van der Waals surface area contributed by atoms with Crippen molar-refractivity contribution in [1.82, 2.24) is 10.3 Å². The molecule has 21 heavy (non-hydrogen) atoms. The maximum atomic E-state index is 5.31. The van der Waals surface area contributed by atoms with Crippen LogP contribution in [0.1, 0.15) is 46.5 Å². The molecular formula is C17H22N2OS. The zero-order valence-electron chi connectivity index (χ0n) is 12.8. The maximum absolute atomic E-state index is 5.31. The molecule has 112 valence electrons. The van der Waals surface area contributed by atoms with Crippen molar-refractivity contribution in [3.05, 3.63) is 51.0 Å². The minimum absolute atomic E-state index is 0.481. The van der Waals surface area contributed by atoms with Crippen LogP contribution in [0, 0.1) is 0 Å². The highest BCUT2D eigenvalue weighted by Crippen LogP contribution is 2.42. The molecule has 1 aliphatic rings. The van der Waals surface area contributed by atoms with Gasteiger partial charge in [0.05, 0.1) is 12.3 Å². The predicted molar refractivity (Wildman–Crippen MR) is 86.8 cm³/mol. The molecule has 0 saturated carbocycles. The molecule has 0 fully saturated rings. The van der Waals surface area contributed by atoms with E-state index in [9.17, 15) is 0 Å².